The zero-order valence-corrected chi connectivity index (χ0v) is 14.7. The summed E-state index contributed by atoms with van der Waals surface area (Å²) in [4.78, 5) is 30.4. The summed E-state index contributed by atoms with van der Waals surface area (Å²) in [6.07, 6.45) is 2.60. The molecule has 3 rings (SSSR count). The lowest BCUT2D eigenvalue weighted by Crippen LogP contribution is -2.42. The Bertz CT molecular complexity index is 1010. The minimum absolute atomic E-state index is 0.0917. The SMILES string of the molecule is O=C(Cc1cc(=O)[nH]c(=S)[nH]1)NNS(=O)(=O)c1ccc2c(c1)CCC2. The van der Waals surface area contributed by atoms with Gasteiger partial charge in [0.15, 0.2) is 4.77 Å². The molecule has 2 aromatic rings. The van der Waals surface area contributed by atoms with Gasteiger partial charge in [0.2, 0.25) is 5.91 Å². The van der Waals surface area contributed by atoms with Crippen molar-refractivity contribution in [2.24, 2.45) is 0 Å². The number of rotatable bonds is 5. The third-order valence-electron chi connectivity index (χ3n) is 3.87. The Hall–Kier alpha value is -2.30. The Balaban J connectivity index is 1.66. The normalized spacial score (nSPS) is 13.4. The number of aryl methyl sites for hydroxylation is 2. The van der Waals surface area contributed by atoms with Gasteiger partial charge in [-0.05, 0) is 54.7 Å². The summed E-state index contributed by atoms with van der Waals surface area (Å²) in [5.74, 6) is -0.624. The van der Waals surface area contributed by atoms with Crippen molar-refractivity contribution in [1.29, 1.82) is 0 Å². The molecule has 1 aliphatic rings. The van der Waals surface area contributed by atoms with Crippen LogP contribution in [0.4, 0.5) is 0 Å². The Morgan fingerprint density at radius 3 is 2.68 bits per heavy atom. The molecule has 10 heteroatoms. The molecular weight excluding hydrogens is 364 g/mol. The maximum Gasteiger partial charge on any atom is 0.257 e. The van der Waals surface area contributed by atoms with Crippen molar-refractivity contribution in [3.8, 4) is 0 Å². The first-order valence-electron chi connectivity index (χ1n) is 7.58. The molecule has 4 N–H and O–H groups in total. The summed E-state index contributed by atoms with van der Waals surface area (Å²) >= 11 is 4.81. The molecular formula is C15H16N4O4S2. The number of H-pyrrole nitrogens is 2. The number of aromatic amines is 2. The van der Waals surface area contributed by atoms with Crippen molar-refractivity contribution < 1.29 is 13.2 Å². The van der Waals surface area contributed by atoms with Gasteiger partial charge in [0.25, 0.3) is 15.6 Å². The highest BCUT2D eigenvalue weighted by molar-refractivity contribution is 7.89. The summed E-state index contributed by atoms with van der Waals surface area (Å²) in [7, 11) is -3.87. The first kappa shape index (κ1) is 17.5. The number of fused-ring (bicyclic) bond motifs is 1. The number of hydrazine groups is 1. The van der Waals surface area contributed by atoms with Crippen LogP contribution < -0.4 is 15.8 Å². The average Bonchev–Trinajstić information content (AvgIpc) is 2.99. The van der Waals surface area contributed by atoms with Crippen LogP contribution in [-0.2, 0) is 34.1 Å². The first-order chi connectivity index (χ1) is 11.8. The van der Waals surface area contributed by atoms with Crippen LogP contribution in [0.5, 0.6) is 0 Å². The second kappa shape index (κ2) is 6.90. The van der Waals surface area contributed by atoms with Crippen LogP contribution >= 0.6 is 12.2 Å². The van der Waals surface area contributed by atoms with Gasteiger partial charge in [-0.3, -0.25) is 20.0 Å². The monoisotopic (exact) mass is 380 g/mol. The molecule has 0 unspecified atom stereocenters. The molecule has 1 aromatic carbocycles. The van der Waals surface area contributed by atoms with E-state index < -0.39 is 21.5 Å². The van der Waals surface area contributed by atoms with E-state index in [9.17, 15) is 18.0 Å². The molecule has 25 heavy (non-hydrogen) atoms. The summed E-state index contributed by atoms with van der Waals surface area (Å²) in [6, 6.07) is 6.14. The van der Waals surface area contributed by atoms with Crippen molar-refractivity contribution in [3.05, 3.63) is 56.2 Å². The molecule has 0 saturated carbocycles. The molecule has 0 bridgehead atoms. The fraction of sp³-hybridized carbons (Fsp3) is 0.267. The van der Waals surface area contributed by atoms with E-state index in [1.165, 1.54) is 12.1 Å². The number of hydrogen-bond donors (Lipinski definition) is 4. The highest BCUT2D eigenvalue weighted by Crippen LogP contribution is 2.24. The van der Waals surface area contributed by atoms with E-state index in [1.807, 2.05) is 0 Å². The van der Waals surface area contributed by atoms with Crippen molar-refractivity contribution >= 4 is 28.1 Å². The summed E-state index contributed by atoms with van der Waals surface area (Å²) in [5, 5.41) is 0. The molecule has 1 amide bonds. The average molecular weight is 380 g/mol. The number of aromatic nitrogens is 2. The van der Waals surface area contributed by atoms with E-state index in [4.69, 9.17) is 12.2 Å². The third-order valence-corrected chi connectivity index (χ3v) is 5.32. The predicted molar refractivity (Wildman–Crippen MR) is 92.9 cm³/mol. The molecule has 1 aromatic heterocycles. The van der Waals surface area contributed by atoms with Gasteiger partial charge >= 0.3 is 0 Å². The van der Waals surface area contributed by atoms with E-state index in [2.05, 4.69) is 20.2 Å². The number of benzene rings is 1. The number of carbonyl (C=O) groups excluding carboxylic acids is 1. The summed E-state index contributed by atoms with van der Waals surface area (Å²) in [5.41, 5.74) is 4.15. The van der Waals surface area contributed by atoms with Crippen molar-refractivity contribution in [3.63, 3.8) is 0 Å². The maximum absolute atomic E-state index is 12.3. The minimum atomic E-state index is -3.87. The van der Waals surface area contributed by atoms with Gasteiger partial charge < -0.3 is 4.98 Å². The van der Waals surface area contributed by atoms with Crippen LogP contribution in [-0.4, -0.2) is 24.3 Å². The minimum Gasteiger partial charge on any atom is -0.335 e. The van der Waals surface area contributed by atoms with Gasteiger partial charge in [-0.1, -0.05) is 6.07 Å². The van der Waals surface area contributed by atoms with Gasteiger partial charge in [-0.25, -0.2) is 8.42 Å². The van der Waals surface area contributed by atoms with E-state index in [1.54, 1.807) is 12.1 Å². The van der Waals surface area contributed by atoms with Crippen LogP contribution in [0.3, 0.4) is 0 Å². The second-order valence-electron chi connectivity index (χ2n) is 5.73. The van der Waals surface area contributed by atoms with Crippen LogP contribution in [0.2, 0.25) is 0 Å². The number of carbonyl (C=O) groups is 1. The van der Waals surface area contributed by atoms with Gasteiger partial charge in [-0.15, -0.1) is 4.83 Å². The lowest BCUT2D eigenvalue weighted by molar-refractivity contribution is -0.120. The highest BCUT2D eigenvalue weighted by Gasteiger charge is 2.19. The number of nitrogens with one attached hydrogen (secondary N) is 4. The molecule has 0 radical (unpaired) electrons. The molecule has 132 valence electrons. The molecule has 0 aliphatic heterocycles. The van der Waals surface area contributed by atoms with Gasteiger partial charge in [-0.2, -0.15) is 0 Å². The lowest BCUT2D eigenvalue weighted by atomic mass is 10.1. The molecule has 0 atom stereocenters. The Morgan fingerprint density at radius 2 is 1.92 bits per heavy atom. The van der Waals surface area contributed by atoms with E-state index >= 15 is 0 Å². The van der Waals surface area contributed by atoms with Crippen LogP contribution in [0.1, 0.15) is 23.2 Å². The number of sulfonamides is 1. The van der Waals surface area contributed by atoms with Crippen molar-refractivity contribution in [1.82, 2.24) is 20.2 Å². The quantitative estimate of drug-likeness (QED) is 0.443. The zero-order valence-electron chi connectivity index (χ0n) is 13.1. The zero-order chi connectivity index (χ0) is 18.0. The third kappa shape index (κ3) is 4.21. The maximum atomic E-state index is 12.3. The topological polar surface area (TPSA) is 124 Å². The van der Waals surface area contributed by atoms with Crippen molar-refractivity contribution in [2.75, 3.05) is 0 Å². The Morgan fingerprint density at radius 1 is 1.16 bits per heavy atom. The lowest BCUT2D eigenvalue weighted by Gasteiger charge is -2.10. The van der Waals surface area contributed by atoms with E-state index in [0.29, 0.717) is 0 Å². The first-order valence-corrected chi connectivity index (χ1v) is 9.47. The van der Waals surface area contributed by atoms with Gasteiger partial charge in [0.05, 0.1) is 11.3 Å². The van der Waals surface area contributed by atoms with Gasteiger partial charge in [0, 0.05) is 11.8 Å². The molecule has 0 spiro atoms. The standard InChI is InChI=1S/C15H16N4O4S2/c20-13-7-11(16-15(24)17-13)8-14(21)18-19-25(22,23)12-5-4-9-2-1-3-10(9)6-12/h4-7,19H,1-3,8H2,(H,18,21)(H2,16,17,20,24). The van der Waals surface area contributed by atoms with Crippen LogP contribution in [0.25, 0.3) is 0 Å². The van der Waals surface area contributed by atoms with Gasteiger partial charge in [0.1, 0.15) is 0 Å². The van der Waals surface area contributed by atoms with E-state index in [0.717, 1.165) is 30.4 Å². The molecule has 1 heterocycles. The Kier molecular flexibility index (Phi) is 4.84. The molecule has 0 fully saturated rings. The molecule has 0 saturated heterocycles. The highest BCUT2D eigenvalue weighted by atomic mass is 32.2. The fourth-order valence-corrected chi connectivity index (χ4v) is 3.87. The molecule has 1 aliphatic carbocycles. The summed E-state index contributed by atoms with van der Waals surface area (Å²) < 4.78 is 24.7. The number of hydrogen-bond acceptors (Lipinski definition) is 5. The predicted octanol–water partition coefficient (Wildman–Crippen LogP) is 0.473. The van der Waals surface area contributed by atoms with Crippen LogP contribution in [0, 0.1) is 4.77 Å². The summed E-state index contributed by atoms with van der Waals surface area (Å²) in [6.45, 7) is 0. The fourth-order valence-electron chi connectivity index (χ4n) is 2.73. The Labute approximate surface area is 148 Å². The van der Waals surface area contributed by atoms with Crippen molar-refractivity contribution in [2.45, 2.75) is 30.6 Å². The largest absolute Gasteiger partial charge is 0.335 e. The molecule has 8 nitrogen and oxygen atoms in total. The number of amides is 1. The van der Waals surface area contributed by atoms with Crippen LogP contribution in [0.15, 0.2) is 34.0 Å². The second-order valence-corrected chi connectivity index (χ2v) is 7.82. The smallest absolute Gasteiger partial charge is 0.257 e. The van der Waals surface area contributed by atoms with E-state index in [-0.39, 0.29) is 21.8 Å².